The number of hydrogen-bond acceptors (Lipinski definition) is 6. The third-order valence-electron chi connectivity index (χ3n) is 3.41. The van der Waals surface area contributed by atoms with E-state index >= 15 is 0 Å². The Labute approximate surface area is 157 Å². The van der Waals surface area contributed by atoms with Crippen LogP contribution in [0.2, 0.25) is 0 Å². The Morgan fingerprint density at radius 2 is 1.69 bits per heavy atom. The quantitative estimate of drug-likeness (QED) is 0.419. The first kappa shape index (κ1) is 20.3. The number of hydrogen-bond donors (Lipinski definition) is 1. The zero-order valence-corrected chi connectivity index (χ0v) is 16.2. The molecule has 0 radical (unpaired) electrons. The fourth-order valence-corrected chi connectivity index (χ4v) is 3.39. The van der Waals surface area contributed by atoms with Crippen LogP contribution in [0.15, 0.2) is 58.3 Å². The van der Waals surface area contributed by atoms with E-state index in [0.29, 0.717) is 5.75 Å². The third-order valence-corrected chi connectivity index (χ3v) is 5.43. The minimum atomic E-state index is -3.72. The first-order valence-corrected chi connectivity index (χ1v) is 10.3. The highest BCUT2D eigenvalue weighted by atomic mass is 32.2. The molecule has 0 unspecified atom stereocenters. The van der Waals surface area contributed by atoms with Crippen LogP contribution in [-0.2, 0) is 19.6 Å². The van der Waals surface area contributed by atoms with E-state index in [-0.39, 0.29) is 29.3 Å². The summed E-state index contributed by atoms with van der Waals surface area (Å²) in [5.74, 6) is 0.152. The summed E-state index contributed by atoms with van der Waals surface area (Å²) in [5, 5.41) is 4.70. The van der Waals surface area contributed by atoms with Gasteiger partial charge in [0.25, 0.3) is 0 Å². The zero-order valence-electron chi connectivity index (χ0n) is 14.5. The molecule has 2 rings (SSSR count). The van der Waals surface area contributed by atoms with Crippen LogP contribution in [0.3, 0.4) is 0 Å². The largest absolute Gasteiger partial charge is 0.490 e. The fraction of sp³-hybridized carbons (Fsp3) is 0.278. The van der Waals surface area contributed by atoms with Gasteiger partial charge in [-0.3, -0.25) is 4.79 Å². The Hall–Kier alpha value is -2.03. The molecule has 2 aromatic carbocycles. The lowest BCUT2D eigenvalue weighted by Gasteiger charge is -2.12. The molecule has 6 nitrogen and oxygen atoms in total. The fourth-order valence-electron chi connectivity index (χ4n) is 2.01. The van der Waals surface area contributed by atoms with Crippen LogP contribution < -0.4 is 9.88 Å². The monoisotopic (exact) mass is 395 g/mol. The van der Waals surface area contributed by atoms with Crippen LogP contribution in [0.25, 0.3) is 0 Å². The average molecular weight is 396 g/mol. The lowest BCUT2D eigenvalue weighted by Crippen LogP contribution is -2.20. The Bertz CT molecular complexity index is 833. The number of nitrogens with two attached hydrogens (primary N) is 1. The predicted molar refractivity (Wildman–Crippen MR) is 101 cm³/mol. The van der Waals surface area contributed by atoms with Gasteiger partial charge in [0.1, 0.15) is 24.2 Å². The minimum Gasteiger partial charge on any atom is -0.490 e. The second-order valence-corrected chi connectivity index (χ2v) is 8.58. The number of carbonyl (C=O) groups is 1. The molecule has 0 amide bonds. The Morgan fingerprint density at radius 1 is 1.08 bits per heavy atom. The van der Waals surface area contributed by atoms with E-state index in [1.807, 2.05) is 31.2 Å². The Balaban J connectivity index is 1.73. The number of benzene rings is 2. The molecule has 0 aromatic heterocycles. The standard InChI is InChI=1S/C18H21NO5S2/c1-13-3-7-16(8-4-13)25-14(2)18(20)24-12-11-23-15-5-9-17(10-6-15)26(19,21)22/h3-10,14H,11-12H2,1-2H3,(H2,19,21,22)/t14-/m1/s1. The van der Waals surface area contributed by atoms with Crippen molar-refractivity contribution in [2.24, 2.45) is 5.14 Å². The molecule has 26 heavy (non-hydrogen) atoms. The molecule has 140 valence electrons. The molecule has 0 aliphatic heterocycles. The molecular weight excluding hydrogens is 374 g/mol. The van der Waals surface area contributed by atoms with E-state index in [9.17, 15) is 13.2 Å². The maximum atomic E-state index is 12.0. The lowest BCUT2D eigenvalue weighted by molar-refractivity contribution is -0.143. The number of aryl methyl sites for hydroxylation is 1. The van der Waals surface area contributed by atoms with E-state index in [1.54, 1.807) is 6.92 Å². The first-order valence-electron chi connectivity index (χ1n) is 7.91. The maximum Gasteiger partial charge on any atom is 0.319 e. The normalized spacial score (nSPS) is 12.4. The van der Waals surface area contributed by atoms with Crippen molar-refractivity contribution >= 4 is 27.8 Å². The highest BCUT2D eigenvalue weighted by molar-refractivity contribution is 8.00. The SMILES string of the molecule is Cc1ccc(S[C@H](C)C(=O)OCCOc2ccc(S(N)(=O)=O)cc2)cc1. The van der Waals surface area contributed by atoms with Crippen LogP contribution >= 0.6 is 11.8 Å². The van der Waals surface area contributed by atoms with E-state index in [2.05, 4.69) is 0 Å². The molecule has 0 fully saturated rings. The van der Waals surface area contributed by atoms with Crippen LogP contribution in [0.1, 0.15) is 12.5 Å². The number of primary sulfonamides is 1. The second-order valence-electron chi connectivity index (χ2n) is 5.61. The van der Waals surface area contributed by atoms with Crippen LogP contribution in [-0.4, -0.2) is 32.9 Å². The van der Waals surface area contributed by atoms with E-state index in [1.165, 1.54) is 41.6 Å². The molecule has 0 heterocycles. The van der Waals surface area contributed by atoms with Crippen LogP contribution in [0, 0.1) is 6.92 Å². The van der Waals surface area contributed by atoms with Gasteiger partial charge in [-0.05, 0) is 50.2 Å². The van der Waals surface area contributed by atoms with Crippen molar-refractivity contribution in [2.45, 2.75) is 28.9 Å². The number of esters is 1. The number of carbonyl (C=O) groups excluding carboxylic acids is 1. The highest BCUT2D eigenvalue weighted by Gasteiger charge is 2.16. The van der Waals surface area contributed by atoms with Gasteiger partial charge < -0.3 is 9.47 Å². The van der Waals surface area contributed by atoms with Gasteiger partial charge in [0.2, 0.25) is 10.0 Å². The molecule has 0 bridgehead atoms. The summed E-state index contributed by atoms with van der Waals surface area (Å²) < 4.78 is 33.0. The van der Waals surface area contributed by atoms with Crippen molar-refractivity contribution in [3.05, 3.63) is 54.1 Å². The van der Waals surface area contributed by atoms with Gasteiger partial charge in [0.05, 0.1) is 4.90 Å². The van der Waals surface area contributed by atoms with E-state index in [4.69, 9.17) is 14.6 Å². The first-order chi connectivity index (χ1) is 12.3. The molecular formula is C18H21NO5S2. The third kappa shape index (κ3) is 6.36. The topological polar surface area (TPSA) is 95.7 Å². The second kappa shape index (κ2) is 9.07. The van der Waals surface area contributed by atoms with Gasteiger partial charge in [-0.25, -0.2) is 13.6 Å². The molecule has 0 saturated heterocycles. The Morgan fingerprint density at radius 3 is 2.27 bits per heavy atom. The van der Waals surface area contributed by atoms with Crippen molar-refractivity contribution in [1.29, 1.82) is 0 Å². The number of sulfonamides is 1. The summed E-state index contributed by atoms with van der Waals surface area (Å²) in [6, 6.07) is 13.6. The zero-order chi connectivity index (χ0) is 19.2. The molecule has 0 spiro atoms. The molecule has 0 aliphatic carbocycles. The molecule has 8 heteroatoms. The molecule has 2 aromatic rings. The summed E-state index contributed by atoms with van der Waals surface area (Å²) in [6.07, 6.45) is 0. The van der Waals surface area contributed by atoms with Gasteiger partial charge in [0, 0.05) is 4.90 Å². The minimum absolute atomic E-state index is 0.0123. The number of ether oxygens (including phenoxy) is 2. The average Bonchev–Trinajstić information content (AvgIpc) is 2.60. The molecule has 1 atom stereocenters. The van der Waals surface area contributed by atoms with E-state index < -0.39 is 10.0 Å². The number of thioether (sulfide) groups is 1. The molecule has 2 N–H and O–H groups in total. The predicted octanol–water partition coefficient (Wildman–Crippen LogP) is 2.75. The summed E-state index contributed by atoms with van der Waals surface area (Å²) in [4.78, 5) is 13.0. The van der Waals surface area contributed by atoms with Gasteiger partial charge in [-0.15, -0.1) is 11.8 Å². The lowest BCUT2D eigenvalue weighted by atomic mass is 10.2. The smallest absolute Gasteiger partial charge is 0.319 e. The summed E-state index contributed by atoms with van der Waals surface area (Å²) in [7, 11) is -3.72. The van der Waals surface area contributed by atoms with Crippen molar-refractivity contribution in [3.8, 4) is 5.75 Å². The van der Waals surface area contributed by atoms with Crippen molar-refractivity contribution in [1.82, 2.24) is 0 Å². The van der Waals surface area contributed by atoms with E-state index in [0.717, 1.165) is 4.90 Å². The maximum absolute atomic E-state index is 12.0. The van der Waals surface area contributed by atoms with Crippen molar-refractivity contribution in [3.63, 3.8) is 0 Å². The summed E-state index contributed by atoms with van der Waals surface area (Å²) in [6.45, 7) is 4.07. The Kier molecular flexibility index (Phi) is 7.07. The van der Waals surface area contributed by atoms with Crippen molar-refractivity contribution in [2.75, 3.05) is 13.2 Å². The van der Waals surface area contributed by atoms with Crippen molar-refractivity contribution < 1.29 is 22.7 Å². The van der Waals surface area contributed by atoms with Gasteiger partial charge in [-0.2, -0.15) is 0 Å². The summed E-state index contributed by atoms with van der Waals surface area (Å²) >= 11 is 1.43. The highest BCUT2D eigenvalue weighted by Crippen LogP contribution is 2.24. The van der Waals surface area contributed by atoms with Crippen LogP contribution in [0.5, 0.6) is 5.75 Å². The molecule has 0 saturated carbocycles. The van der Waals surface area contributed by atoms with Gasteiger partial charge >= 0.3 is 5.97 Å². The van der Waals surface area contributed by atoms with Gasteiger partial charge in [-0.1, -0.05) is 17.7 Å². The summed E-state index contributed by atoms with van der Waals surface area (Å²) in [5.41, 5.74) is 1.17. The van der Waals surface area contributed by atoms with Gasteiger partial charge in [0.15, 0.2) is 0 Å². The number of rotatable bonds is 8. The molecule has 0 aliphatic rings. The van der Waals surface area contributed by atoms with Crippen LogP contribution in [0.4, 0.5) is 0 Å².